The van der Waals surface area contributed by atoms with Gasteiger partial charge in [0.1, 0.15) is 23.2 Å². The molecule has 200 valence electrons. The van der Waals surface area contributed by atoms with Crippen LogP contribution in [0.2, 0.25) is 5.02 Å². The minimum absolute atomic E-state index is 0.0129. The SMILES string of the molecule is CC(C)c1ccc(CC(C)c2ccc(OCCC(C)c3cccc(C(F)(F)F)c3F)cc2F)c(Cl)c1F. The van der Waals surface area contributed by atoms with Crippen LogP contribution >= 0.6 is 11.6 Å². The maximum Gasteiger partial charge on any atom is 0.419 e. The quantitative estimate of drug-likeness (QED) is 0.244. The number of benzene rings is 3. The lowest BCUT2D eigenvalue weighted by molar-refractivity contribution is -0.140. The van der Waals surface area contributed by atoms with Crippen molar-refractivity contribution in [1.29, 1.82) is 0 Å². The molecule has 0 bridgehead atoms. The van der Waals surface area contributed by atoms with Gasteiger partial charge in [-0.05, 0) is 65.0 Å². The van der Waals surface area contributed by atoms with Gasteiger partial charge in [0.15, 0.2) is 0 Å². The summed E-state index contributed by atoms with van der Waals surface area (Å²) in [4.78, 5) is 0. The number of alkyl halides is 3. The summed E-state index contributed by atoms with van der Waals surface area (Å²) in [6.45, 7) is 7.23. The van der Waals surface area contributed by atoms with E-state index >= 15 is 0 Å². The van der Waals surface area contributed by atoms with E-state index in [2.05, 4.69) is 0 Å². The second-order valence-electron chi connectivity index (χ2n) is 9.63. The maximum atomic E-state index is 14.9. The largest absolute Gasteiger partial charge is 0.493 e. The van der Waals surface area contributed by atoms with E-state index in [0.717, 1.165) is 0 Å². The molecule has 0 aliphatic rings. The summed E-state index contributed by atoms with van der Waals surface area (Å²) >= 11 is 6.24. The van der Waals surface area contributed by atoms with Gasteiger partial charge in [0.05, 0.1) is 17.2 Å². The van der Waals surface area contributed by atoms with Gasteiger partial charge in [-0.25, -0.2) is 13.2 Å². The molecule has 0 aliphatic heterocycles. The second-order valence-corrected chi connectivity index (χ2v) is 10.0. The molecule has 0 spiro atoms. The Balaban J connectivity index is 1.63. The minimum Gasteiger partial charge on any atom is -0.493 e. The van der Waals surface area contributed by atoms with Gasteiger partial charge in [-0.15, -0.1) is 0 Å². The first-order chi connectivity index (χ1) is 17.3. The molecule has 0 aromatic heterocycles. The van der Waals surface area contributed by atoms with Crippen molar-refractivity contribution in [2.45, 2.75) is 64.5 Å². The third kappa shape index (κ3) is 6.81. The van der Waals surface area contributed by atoms with Crippen molar-refractivity contribution >= 4 is 11.6 Å². The summed E-state index contributed by atoms with van der Waals surface area (Å²) in [6, 6.07) is 11.1. The predicted molar refractivity (Wildman–Crippen MR) is 134 cm³/mol. The highest BCUT2D eigenvalue weighted by Gasteiger charge is 2.35. The monoisotopic (exact) mass is 542 g/mol. The molecule has 0 saturated heterocycles. The summed E-state index contributed by atoms with van der Waals surface area (Å²) in [5.74, 6) is -2.84. The van der Waals surface area contributed by atoms with Gasteiger partial charge in [-0.3, -0.25) is 0 Å². The summed E-state index contributed by atoms with van der Waals surface area (Å²) in [5.41, 5.74) is 0.178. The van der Waals surface area contributed by atoms with Crippen molar-refractivity contribution in [3.63, 3.8) is 0 Å². The van der Waals surface area contributed by atoms with Crippen molar-refractivity contribution in [3.05, 3.63) is 98.8 Å². The number of hydrogen-bond donors (Lipinski definition) is 0. The van der Waals surface area contributed by atoms with Crippen molar-refractivity contribution in [3.8, 4) is 5.75 Å². The van der Waals surface area contributed by atoms with E-state index in [1.165, 1.54) is 18.2 Å². The topological polar surface area (TPSA) is 9.23 Å². The molecule has 3 aromatic rings. The molecule has 2 atom stereocenters. The van der Waals surface area contributed by atoms with E-state index in [4.69, 9.17) is 16.3 Å². The molecule has 0 N–H and O–H groups in total. The minimum atomic E-state index is -4.77. The third-order valence-corrected chi connectivity index (χ3v) is 6.94. The Morgan fingerprint density at radius 3 is 2.11 bits per heavy atom. The molecule has 3 rings (SSSR count). The molecule has 0 saturated carbocycles. The van der Waals surface area contributed by atoms with Crippen molar-refractivity contribution in [2.75, 3.05) is 6.61 Å². The van der Waals surface area contributed by atoms with Crippen LogP contribution in [0.4, 0.5) is 26.3 Å². The van der Waals surface area contributed by atoms with E-state index in [1.54, 1.807) is 31.2 Å². The molecular weight excluding hydrogens is 514 g/mol. The number of ether oxygens (including phenoxy) is 1. The van der Waals surface area contributed by atoms with Crippen LogP contribution in [-0.4, -0.2) is 6.61 Å². The average Bonchev–Trinajstić information content (AvgIpc) is 2.81. The second kappa shape index (κ2) is 11.8. The number of hydrogen-bond acceptors (Lipinski definition) is 1. The Labute approximate surface area is 218 Å². The van der Waals surface area contributed by atoms with E-state index < -0.39 is 35.1 Å². The smallest absolute Gasteiger partial charge is 0.419 e. The van der Waals surface area contributed by atoms with Gasteiger partial charge in [0.2, 0.25) is 0 Å². The van der Waals surface area contributed by atoms with Gasteiger partial charge in [0, 0.05) is 6.07 Å². The molecule has 0 aliphatic carbocycles. The lowest BCUT2D eigenvalue weighted by Crippen LogP contribution is -2.12. The molecule has 3 aromatic carbocycles. The van der Waals surface area contributed by atoms with Gasteiger partial charge in [0.25, 0.3) is 0 Å². The fourth-order valence-corrected chi connectivity index (χ4v) is 4.55. The van der Waals surface area contributed by atoms with Crippen molar-refractivity contribution in [1.82, 2.24) is 0 Å². The van der Waals surface area contributed by atoms with Gasteiger partial charge < -0.3 is 4.74 Å². The fourth-order valence-electron chi connectivity index (χ4n) is 4.30. The van der Waals surface area contributed by atoms with E-state index in [9.17, 15) is 26.3 Å². The molecule has 0 radical (unpaired) electrons. The number of halogens is 7. The van der Waals surface area contributed by atoms with Crippen molar-refractivity contribution in [2.24, 2.45) is 0 Å². The van der Waals surface area contributed by atoms with Crippen molar-refractivity contribution < 1.29 is 31.1 Å². The summed E-state index contributed by atoms with van der Waals surface area (Å²) in [6.07, 6.45) is -4.20. The van der Waals surface area contributed by atoms with Crippen LogP contribution in [0.5, 0.6) is 5.75 Å². The van der Waals surface area contributed by atoms with Crippen LogP contribution < -0.4 is 4.74 Å². The average molecular weight is 543 g/mol. The third-order valence-electron chi connectivity index (χ3n) is 6.53. The Hall–Kier alpha value is -2.67. The lowest BCUT2D eigenvalue weighted by Gasteiger charge is -2.18. The summed E-state index contributed by atoms with van der Waals surface area (Å²) in [7, 11) is 0. The fraction of sp³-hybridized carbons (Fsp3) is 0.379. The zero-order chi connectivity index (χ0) is 27.5. The highest BCUT2D eigenvalue weighted by Crippen LogP contribution is 2.35. The van der Waals surface area contributed by atoms with Crippen LogP contribution in [-0.2, 0) is 12.6 Å². The molecule has 8 heteroatoms. The summed E-state index contributed by atoms with van der Waals surface area (Å²) < 4.78 is 88.3. The van der Waals surface area contributed by atoms with E-state index in [-0.39, 0.29) is 41.2 Å². The van der Waals surface area contributed by atoms with Crippen LogP contribution in [0.15, 0.2) is 48.5 Å². The standard InChI is InChI=1S/C29H29ClF6O/c1-16(2)21-10-8-19(26(30)28(21)33)14-18(4)22-11-9-20(15-25(22)31)37-13-12-17(3)23-6-5-7-24(27(23)32)29(34,35)36/h5-11,15-18H,12-14H2,1-4H3. The molecule has 2 unspecified atom stereocenters. The van der Waals surface area contributed by atoms with Crippen LogP contribution in [0.25, 0.3) is 0 Å². The molecule has 0 heterocycles. The summed E-state index contributed by atoms with van der Waals surface area (Å²) in [5, 5.41) is 0.0461. The van der Waals surface area contributed by atoms with Gasteiger partial charge >= 0.3 is 6.18 Å². The van der Waals surface area contributed by atoms with Crippen LogP contribution in [0, 0.1) is 17.5 Å². The molecule has 37 heavy (non-hydrogen) atoms. The molecular formula is C29H29ClF6O. The highest BCUT2D eigenvalue weighted by atomic mass is 35.5. The zero-order valence-electron chi connectivity index (χ0n) is 21.0. The Bertz CT molecular complexity index is 1240. The van der Waals surface area contributed by atoms with E-state index in [0.29, 0.717) is 29.2 Å². The first kappa shape index (κ1) is 28.9. The highest BCUT2D eigenvalue weighted by molar-refractivity contribution is 6.31. The first-order valence-corrected chi connectivity index (χ1v) is 12.4. The van der Waals surface area contributed by atoms with Crippen LogP contribution in [0.3, 0.4) is 0 Å². The van der Waals surface area contributed by atoms with Gasteiger partial charge in [-0.2, -0.15) is 13.2 Å². The Morgan fingerprint density at radius 2 is 1.49 bits per heavy atom. The Morgan fingerprint density at radius 1 is 0.811 bits per heavy atom. The first-order valence-electron chi connectivity index (χ1n) is 12.1. The molecule has 0 amide bonds. The normalized spacial score (nSPS) is 13.6. The maximum absolute atomic E-state index is 14.9. The van der Waals surface area contributed by atoms with Crippen LogP contribution in [0.1, 0.15) is 79.7 Å². The number of rotatable bonds is 9. The van der Waals surface area contributed by atoms with E-state index in [1.807, 2.05) is 20.8 Å². The molecule has 1 nitrogen and oxygen atoms in total. The lowest BCUT2D eigenvalue weighted by atomic mass is 9.91. The predicted octanol–water partition coefficient (Wildman–Crippen LogP) is 9.82. The Kier molecular flexibility index (Phi) is 9.22. The van der Waals surface area contributed by atoms with Gasteiger partial charge in [-0.1, -0.05) is 69.6 Å². The zero-order valence-corrected chi connectivity index (χ0v) is 21.8. The molecule has 0 fully saturated rings.